The lowest BCUT2D eigenvalue weighted by Gasteiger charge is -2.27. The molecule has 10 heteroatoms. The number of hydrogen-bond donors (Lipinski definition) is 4. The third-order valence-corrected chi connectivity index (χ3v) is 5.65. The van der Waals surface area contributed by atoms with Gasteiger partial charge in [-0.3, -0.25) is 9.59 Å². The van der Waals surface area contributed by atoms with E-state index < -0.39 is 28.0 Å². The molecule has 0 saturated heterocycles. The van der Waals surface area contributed by atoms with Gasteiger partial charge in [0.15, 0.2) is 11.9 Å². The summed E-state index contributed by atoms with van der Waals surface area (Å²) in [6, 6.07) is 15.8. The number of hydrogen-bond acceptors (Lipinski definition) is 6. The predicted molar refractivity (Wildman–Crippen MR) is 106 cm³/mol. The molecule has 1 atom stereocenters. The van der Waals surface area contributed by atoms with Crippen LogP contribution in [0.3, 0.4) is 0 Å². The molecule has 0 saturated carbocycles. The molecule has 4 rings (SSSR count). The van der Waals surface area contributed by atoms with Gasteiger partial charge < -0.3 is 20.4 Å². The molecule has 3 aromatic rings. The fraction of sp³-hybridized carbons (Fsp3) is 0.0526. The number of furan rings is 1. The van der Waals surface area contributed by atoms with Gasteiger partial charge in [0, 0.05) is 11.4 Å². The Morgan fingerprint density at radius 3 is 2.28 bits per heavy atom. The zero-order chi connectivity index (χ0) is 20.4. The third-order valence-electron chi connectivity index (χ3n) is 4.17. The van der Waals surface area contributed by atoms with Gasteiger partial charge in [0.2, 0.25) is 10.0 Å². The molecule has 2 heterocycles. The van der Waals surface area contributed by atoms with E-state index in [4.69, 9.17) is 4.42 Å². The van der Waals surface area contributed by atoms with E-state index in [0.717, 1.165) is 0 Å². The lowest BCUT2D eigenvalue weighted by atomic mass is 10.2. The van der Waals surface area contributed by atoms with Crippen LogP contribution in [0.5, 0.6) is 0 Å². The largest absolute Gasteiger partial charge is 0.459 e. The molecule has 0 radical (unpaired) electrons. The molecule has 1 unspecified atom stereocenters. The van der Waals surface area contributed by atoms with Gasteiger partial charge in [0.25, 0.3) is 11.8 Å². The number of amides is 2. The van der Waals surface area contributed by atoms with Crippen molar-refractivity contribution in [1.29, 1.82) is 0 Å². The van der Waals surface area contributed by atoms with Gasteiger partial charge in [-0.15, -0.1) is 0 Å². The second-order valence-electron chi connectivity index (χ2n) is 6.19. The first-order valence-corrected chi connectivity index (χ1v) is 10.0. The van der Waals surface area contributed by atoms with Crippen LogP contribution < -0.4 is 20.7 Å². The van der Waals surface area contributed by atoms with Gasteiger partial charge in [-0.2, -0.15) is 4.72 Å². The zero-order valence-electron chi connectivity index (χ0n) is 14.9. The van der Waals surface area contributed by atoms with Gasteiger partial charge in [0.1, 0.15) is 4.90 Å². The van der Waals surface area contributed by atoms with E-state index in [1.165, 1.54) is 12.3 Å². The highest BCUT2D eigenvalue weighted by molar-refractivity contribution is 7.89. The van der Waals surface area contributed by atoms with Crippen molar-refractivity contribution in [3.63, 3.8) is 0 Å². The number of fused-ring (bicyclic) bond motifs is 1. The molecule has 0 bridgehead atoms. The molecular formula is C19H16N4O5S. The number of carbonyl (C=O) groups is 2. The van der Waals surface area contributed by atoms with Crippen LogP contribution in [0.25, 0.3) is 0 Å². The molecule has 0 aliphatic carbocycles. The molecule has 4 N–H and O–H groups in total. The lowest BCUT2D eigenvalue weighted by Crippen LogP contribution is -2.51. The predicted octanol–water partition coefficient (Wildman–Crippen LogP) is 2.20. The standard InChI is InChI=1S/C19H16N4O5S/c24-18(15-5-3-11-28-15)20-12-7-9-13(10-8-12)21-19(25)17-22-14-4-1-2-6-16(14)29(26,27)23-17/h1-11,17,22-23H,(H,20,24)(H,21,25). The first-order chi connectivity index (χ1) is 13.9. The van der Waals surface area contributed by atoms with Crippen LogP contribution in [-0.2, 0) is 14.8 Å². The fourth-order valence-electron chi connectivity index (χ4n) is 2.79. The van der Waals surface area contributed by atoms with Gasteiger partial charge in [0.05, 0.1) is 12.0 Å². The van der Waals surface area contributed by atoms with E-state index in [0.29, 0.717) is 17.1 Å². The van der Waals surface area contributed by atoms with E-state index in [-0.39, 0.29) is 10.7 Å². The summed E-state index contributed by atoms with van der Waals surface area (Å²) in [5.74, 6) is -0.792. The number of rotatable bonds is 4. The summed E-state index contributed by atoms with van der Waals surface area (Å²) in [5, 5.41) is 8.15. The monoisotopic (exact) mass is 412 g/mol. The summed E-state index contributed by atoms with van der Waals surface area (Å²) >= 11 is 0. The van der Waals surface area contributed by atoms with Gasteiger partial charge in [-0.1, -0.05) is 12.1 Å². The quantitative estimate of drug-likeness (QED) is 0.520. The third kappa shape index (κ3) is 3.98. The van der Waals surface area contributed by atoms with Crippen LogP contribution in [0.1, 0.15) is 10.6 Å². The molecule has 1 aromatic heterocycles. The number of carbonyl (C=O) groups excluding carboxylic acids is 2. The highest BCUT2D eigenvalue weighted by Crippen LogP contribution is 2.25. The van der Waals surface area contributed by atoms with Gasteiger partial charge in [-0.05, 0) is 48.5 Å². The van der Waals surface area contributed by atoms with Crippen molar-refractivity contribution >= 4 is 38.9 Å². The molecule has 2 amide bonds. The van der Waals surface area contributed by atoms with Crippen LogP contribution in [-0.4, -0.2) is 26.4 Å². The fourth-order valence-corrected chi connectivity index (χ4v) is 4.07. The molecule has 0 spiro atoms. The topological polar surface area (TPSA) is 130 Å². The molecule has 1 aliphatic rings. The minimum Gasteiger partial charge on any atom is -0.459 e. The summed E-state index contributed by atoms with van der Waals surface area (Å²) in [7, 11) is -3.80. The van der Waals surface area contributed by atoms with E-state index in [1.807, 2.05) is 0 Å². The maximum atomic E-state index is 12.5. The van der Waals surface area contributed by atoms with Crippen molar-refractivity contribution in [2.75, 3.05) is 16.0 Å². The van der Waals surface area contributed by atoms with Crippen LogP contribution >= 0.6 is 0 Å². The number of para-hydroxylation sites is 1. The first-order valence-electron chi connectivity index (χ1n) is 8.56. The number of nitrogens with one attached hydrogen (secondary N) is 4. The smallest absolute Gasteiger partial charge is 0.291 e. The minimum absolute atomic E-state index is 0.0840. The normalized spacial score (nSPS) is 16.9. The molecule has 29 heavy (non-hydrogen) atoms. The number of anilines is 3. The first kappa shape index (κ1) is 18.7. The summed E-state index contributed by atoms with van der Waals surface area (Å²) in [6.45, 7) is 0. The van der Waals surface area contributed by atoms with Crippen molar-refractivity contribution < 1.29 is 22.4 Å². The molecule has 2 aromatic carbocycles. The Kier molecular flexibility index (Phi) is 4.79. The second kappa shape index (κ2) is 7.41. The molecule has 0 fully saturated rings. The van der Waals surface area contributed by atoms with E-state index >= 15 is 0 Å². The van der Waals surface area contributed by atoms with Crippen LogP contribution in [0.4, 0.5) is 17.1 Å². The highest BCUT2D eigenvalue weighted by Gasteiger charge is 2.32. The Labute approximate surface area is 166 Å². The van der Waals surface area contributed by atoms with Crippen molar-refractivity contribution in [2.45, 2.75) is 11.1 Å². The maximum Gasteiger partial charge on any atom is 0.291 e. The number of sulfonamides is 1. The van der Waals surface area contributed by atoms with Crippen molar-refractivity contribution in [3.05, 3.63) is 72.7 Å². The summed E-state index contributed by atoms with van der Waals surface area (Å²) in [6.07, 6.45) is 0.243. The molecule has 1 aliphatic heterocycles. The Hall–Kier alpha value is -3.63. The Balaban J connectivity index is 1.42. The molecule has 148 valence electrons. The molecular weight excluding hydrogens is 396 g/mol. The van der Waals surface area contributed by atoms with Crippen LogP contribution in [0.2, 0.25) is 0 Å². The SMILES string of the molecule is O=C(Nc1ccc(NC(=O)C2Nc3ccccc3S(=O)(=O)N2)cc1)c1ccco1. The summed E-state index contributed by atoms with van der Waals surface area (Å²) in [5.41, 5.74) is 1.29. The van der Waals surface area contributed by atoms with E-state index in [2.05, 4.69) is 20.7 Å². The van der Waals surface area contributed by atoms with E-state index in [1.54, 1.807) is 54.6 Å². The Morgan fingerprint density at radius 1 is 0.897 bits per heavy atom. The van der Waals surface area contributed by atoms with Crippen molar-refractivity contribution in [2.24, 2.45) is 0 Å². The Bertz CT molecular complexity index is 1160. The van der Waals surface area contributed by atoms with Crippen molar-refractivity contribution in [1.82, 2.24) is 4.72 Å². The average molecular weight is 412 g/mol. The van der Waals surface area contributed by atoms with Crippen LogP contribution in [0.15, 0.2) is 76.2 Å². The van der Waals surface area contributed by atoms with Crippen molar-refractivity contribution in [3.8, 4) is 0 Å². The highest BCUT2D eigenvalue weighted by atomic mass is 32.2. The molecule has 9 nitrogen and oxygen atoms in total. The zero-order valence-corrected chi connectivity index (χ0v) is 15.7. The number of benzene rings is 2. The van der Waals surface area contributed by atoms with E-state index in [9.17, 15) is 18.0 Å². The minimum atomic E-state index is -3.80. The van der Waals surface area contributed by atoms with Gasteiger partial charge in [-0.25, -0.2) is 8.42 Å². The maximum absolute atomic E-state index is 12.5. The Morgan fingerprint density at radius 2 is 1.59 bits per heavy atom. The summed E-state index contributed by atoms with van der Waals surface area (Å²) < 4.78 is 31.9. The second-order valence-corrected chi connectivity index (χ2v) is 7.88. The summed E-state index contributed by atoms with van der Waals surface area (Å²) in [4.78, 5) is 24.5. The van der Waals surface area contributed by atoms with Gasteiger partial charge >= 0.3 is 0 Å². The van der Waals surface area contributed by atoms with Crippen LogP contribution in [0, 0.1) is 0 Å². The average Bonchev–Trinajstić information content (AvgIpc) is 3.24. The lowest BCUT2D eigenvalue weighted by molar-refractivity contribution is -0.117.